The minimum atomic E-state index is -0.0672. The van der Waals surface area contributed by atoms with Crippen LogP contribution in [0.4, 0.5) is 0 Å². The highest BCUT2D eigenvalue weighted by Crippen LogP contribution is 2.33. The summed E-state index contributed by atoms with van der Waals surface area (Å²) in [6.07, 6.45) is 5.66. The van der Waals surface area contributed by atoms with Crippen molar-refractivity contribution >= 4 is 0 Å². The topological polar surface area (TPSA) is 71.4 Å². The Morgan fingerprint density at radius 1 is 1.00 bits per heavy atom. The highest BCUT2D eigenvalue weighted by molar-refractivity contribution is 5.23. The quantitative estimate of drug-likeness (QED) is 0.562. The lowest BCUT2D eigenvalue weighted by atomic mass is 9.79. The van der Waals surface area contributed by atoms with E-state index in [1.165, 1.54) is 11.4 Å². The van der Waals surface area contributed by atoms with E-state index >= 15 is 0 Å². The van der Waals surface area contributed by atoms with Crippen molar-refractivity contribution in [2.45, 2.75) is 90.6 Å². The zero-order valence-corrected chi connectivity index (χ0v) is 21.4. The maximum Gasteiger partial charge on any atom is 0.0923 e. The molecule has 0 saturated carbocycles. The lowest BCUT2D eigenvalue weighted by Gasteiger charge is -2.30. The summed E-state index contributed by atoms with van der Waals surface area (Å²) >= 11 is 0. The van der Waals surface area contributed by atoms with Crippen LogP contribution in [0.15, 0.2) is 36.8 Å². The maximum absolute atomic E-state index is 5.13. The molecule has 0 amide bonds. The van der Waals surface area contributed by atoms with Gasteiger partial charge >= 0.3 is 0 Å². The van der Waals surface area contributed by atoms with Crippen LogP contribution in [0.25, 0.3) is 0 Å². The SMILES string of the molecule is CC(C)(C)c1cc2n(n1)CC(CC(C)(C)c1cccc(CC(C)(C)c3c[nH]cn3)n1)CNC2. The van der Waals surface area contributed by atoms with Gasteiger partial charge in [-0.2, -0.15) is 5.10 Å². The summed E-state index contributed by atoms with van der Waals surface area (Å²) in [5.74, 6) is 0.500. The van der Waals surface area contributed by atoms with Crippen molar-refractivity contribution in [2.75, 3.05) is 6.54 Å². The molecule has 178 valence electrons. The molecule has 4 rings (SSSR count). The second-order valence-corrected chi connectivity index (χ2v) is 12.1. The molecule has 0 saturated heterocycles. The van der Waals surface area contributed by atoms with Crippen LogP contribution in [-0.4, -0.2) is 31.3 Å². The first-order valence-corrected chi connectivity index (χ1v) is 12.2. The summed E-state index contributed by atoms with van der Waals surface area (Å²) < 4.78 is 2.23. The third-order valence-corrected chi connectivity index (χ3v) is 6.92. The zero-order valence-electron chi connectivity index (χ0n) is 21.4. The molecule has 6 heteroatoms. The van der Waals surface area contributed by atoms with Gasteiger partial charge in [-0.1, -0.05) is 54.5 Å². The molecule has 6 nitrogen and oxygen atoms in total. The van der Waals surface area contributed by atoms with E-state index < -0.39 is 0 Å². The number of H-pyrrole nitrogens is 1. The van der Waals surface area contributed by atoms with Crippen LogP contribution in [-0.2, 0) is 35.8 Å². The first kappa shape index (κ1) is 23.7. The van der Waals surface area contributed by atoms with E-state index in [2.05, 4.69) is 92.7 Å². The Morgan fingerprint density at radius 2 is 1.79 bits per heavy atom. The summed E-state index contributed by atoms with van der Waals surface area (Å²) in [5, 5.41) is 8.63. The lowest BCUT2D eigenvalue weighted by Crippen LogP contribution is -2.30. The molecule has 0 spiro atoms. The minimum Gasteiger partial charge on any atom is -0.351 e. The van der Waals surface area contributed by atoms with Crippen molar-refractivity contribution in [3.05, 3.63) is 65.3 Å². The van der Waals surface area contributed by atoms with Crippen molar-refractivity contribution in [1.29, 1.82) is 0 Å². The van der Waals surface area contributed by atoms with E-state index in [0.717, 1.165) is 49.6 Å². The predicted octanol–water partition coefficient (Wildman–Crippen LogP) is 4.91. The van der Waals surface area contributed by atoms with Gasteiger partial charge in [0.25, 0.3) is 0 Å². The molecule has 33 heavy (non-hydrogen) atoms. The normalized spacial score (nSPS) is 17.6. The van der Waals surface area contributed by atoms with Gasteiger partial charge in [-0.05, 0) is 30.5 Å². The third kappa shape index (κ3) is 5.37. The third-order valence-electron chi connectivity index (χ3n) is 6.92. The monoisotopic (exact) mass is 448 g/mol. The molecule has 0 bridgehead atoms. The summed E-state index contributed by atoms with van der Waals surface area (Å²) in [7, 11) is 0. The molecular weight excluding hydrogens is 408 g/mol. The number of nitrogens with one attached hydrogen (secondary N) is 2. The molecule has 0 aromatic carbocycles. The van der Waals surface area contributed by atoms with E-state index in [1.807, 2.05) is 6.20 Å². The number of rotatable bonds is 6. The second kappa shape index (κ2) is 8.71. The van der Waals surface area contributed by atoms with Crippen molar-refractivity contribution in [3.63, 3.8) is 0 Å². The highest BCUT2D eigenvalue weighted by atomic mass is 15.3. The Bertz CT molecular complexity index is 1070. The van der Waals surface area contributed by atoms with Gasteiger partial charge in [0.1, 0.15) is 0 Å². The number of pyridine rings is 1. The molecule has 4 heterocycles. The molecule has 1 unspecified atom stereocenters. The van der Waals surface area contributed by atoms with Gasteiger partial charge in [-0.15, -0.1) is 0 Å². The smallest absolute Gasteiger partial charge is 0.0923 e. The van der Waals surface area contributed by atoms with Gasteiger partial charge in [0.15, 0.2) is 0 Å². The maximum atomic E-state index is 5.13. The Morgan fingerprint density at radius 3 is 2.48 bits per heavy atom. The molecular formula is C27H40N6. The average molecular weight is 449 g/mol. The molecule has 1 aliphatic heterocycles. The Labute approximate surface area is 198 Å². The molecule has 0 aliphatic carbocycles. The fourth-order valence-electron chi connectivity index (χ4n) is 4.93. The number of hydrogen-bond donors (Lipinski definition) is 2. The van der Waals surface area contributed by atoms with E-state index in [4.69, 9.17) is 10.1 Å². The first-order valence-electron chi connectivity index (χ1n) is 12.2. The van der Waals surface area contributed by atoms with Crippen LogP contribution in [0.5, 0.6) is 0 Å². The number of imidazole rings is 1. The lowest BCUT2D eigenvalue weighted by molar-refractivity contribution is 0.309. The molecule has 1 atom stereocenters. The molecule has 3 aromatic heterocycles. The van der Waals surface area contributed by atoms with E-state index in [0.29, 0.717) is 5.92 Å². The van der Waals surface area contributed by atoms with E-state index in [9.17, 15) is 0 Å². The number of aromatic nitrogens is 5. The molecule has 0 fully saturated rings. The Kier molecular flexibility index (Phi) is 6.25. The van der Waals surface area contributed by atoms with Crippen molar-refractivity contribution in [2.24, 2.45) is 5.92 Å². The fourth-order valence-corrected chi connectivity index (χ4v) is 4.93. The zero-order chi connectivity index (χ0) is 23.9. The predicted molar refractivity (Wildman–Crippen MR) is 133 cm³/mol. The van der Waals surface area contributed by atoms with E-state index in [1.54, 1.807) is 6.33 Å². The number of aromatic amines is 1. The van der Waals surface area contributed by atoms with Crippen molar-refractivity contribution < 1.29 is 0 Å². The Hall–Kier alpha value is -2.47. The molecule has 0 radical (unpaired) electrons. The number of nitrogens with zero attached hydrogens (tertiary/aromatic N) is 4. The molecule has 2 N–H and O–H groups in total. The highest BCUT2D eigenvalue weighted by Gasteiger charge is 2.31. The van der Waals surface area contributed by atoms with Gasteiger partial charge in [-0.3, -0.25) is 9.67 Å². The largest absolute Gasteiger partial charge is 0.351 e. The van der Waals surface area contributed by atoms with Crippen LogP contribution in [0.1, 0.15) is 83.4 Å². The number of fused-ring (bicyclic) bond motifs is 1. The van der Waals surface area contributed by atoms with Gasteiger partial charge in [-0.25, -0.2) is 4.98 Å². The van der Waals surface area contributed by atoms with Gasteiger partial charge < -0.3 is 10.3 Å². The van der Waals surface area contributed by atoms with Crippen molar-refractivity contribution in [3.8, 4) is 0 Å². The van der Waals surface area contributed by atoms with Crippen LogP contribution in [0, 0.1) is 5.92 Å². The average Bonchev–Trinajstić information content (AvgIpc) is 3.36. The standard InChI is InChI=1S/C27H40N6/c1-25(2,3)23-11-21-15-28-14-19(17-33(21)32-23)12-26(4,5)22-10-8-9-20(31-22)13-27(6,7)24-16-29-18-30-24/h8-11,16,18-19,28H,12-15,17H2,1-7H3,(H,29,30). The summed E-state index contributed by atoms with van der Waals surface area (Å²) in [6.45, 7) is 18.6. The van der Waals surface area contributed by atoms with E-state index in [-0.39, 0.29) is 16.2 Å². The van der Waals surface area contributed by atoms with Crippen LogP contribution in [0.3, 0.4) is 0 Å². The summed E-state index contributed by atoms with van der Waals surface area (Å²) in [5.41, 5.74) is 5.81. The van der Waals surface area contributed by atoms with Crippen LogP contribution >= 0.6 is 0 Å². The number of hydrogen-bond acceptors (Lipinski definition) is 4. The van der Waals surface area contributed by atoms with Crippen LogP contribution < -0.4 is 5.32 Å². The second-order valence-electron chi connectivity index (χ2n) is 12.1. The molecule has 3 aromatic rings. The van der Waals surface area contributed by atoms with Gasteiger partial charge in [0, 0.05) is 59.9 Å². The van der Waals surface area contributed by atoms with Gasteiger partial charge in [0.05, 0.1) is 23.4 Å². The van der Waals surface area contributed by atoms with Gasteiger partial charge in [0.2, 0.25) is 0 Å². The fraction of sp³-hybridized carbons (Fsp3) is 0.593. The first-order chi connectivity index (χ1) is 15.4. The summed E-state index contributed by atoms with van der Waals surface area (Å²) in [6, 6.07) is 8.76. The van der Waals surface area contributed by atoms with Crippen molar-refractivity contribution in [1.82, 2.24) is 30.0 Å². The van der Waals surface area contributed by atoms with Crippen LogP contribution in [0.2, 0.25) is 0 Å². The Balaban J connectivity index is 1.49. The minimum absolute atomic E-state index is 0.0245. The summed E-state index contributed by atoms with van der Waals surface area (Å²) in [4.78, 5) is 12.7. The molecule has 1 aliphatic rings.